The van der Waals surface area contributed by atoms with E-state index in [-0.39, 0.29) is 29.3 Å². The number of nitrogens with one attached hydrogen (secondary N) is 3. The molecule has 2 amide bonds. The van der Waals surface area contributed by atoms with Crippen LogP contribution in [-0.2, 0) is 9.53 Å². The van der Waals surface area contributed by atoms with Crippen molar-refractivity contribution in [3.05, 3.63) is 71.3 Å². The number of carbonyl (C=O) groups is 3. The maximum absolute atomic E-state index is 13.0. The zero-order valence-corrected chi connectivity index (χ0v) is 22.1. The van der Waals surface area contributed by atoms with Gasteiger partial charge >= 0.3 is 5.97 Å². The molecule has 3 N–H and O–H groups in total. The van der Waals surface area contributed by atoms with E-state index in [9.17, 15) is 14.4 Å². The smallest absolute Gasteiger partial charge is 0.362 e. The van der Waals surface area contributed by atoms with Crippen molar-refractivity contribution in [2.24, 2.45) is 5.92 Å². The standard InChI is InChI=1S/C28H30ClN5O5/c29-22-11-10-20(34-12-14-38-15-13-34)16-23(22)33-26(35)18-6-8-19(9-7-18)32-27(36)24-25(31-17-30-24)28(37)39-21-4-2-1-3-5-21/h1-5,10-11,16-19H,6-9,12-15H2,(H,30,31)(H,32,36)(H,33,35). The van der Waals surface area contributed by atoms with Crippen molar-refractivity contribution < 1.29 is 23.9 Å². The number of hydrogen-bond acceptors (Lipinski definition) is 7. The monoisotopic (exact) mass is 551 g/mol. The number of rotatable bonds is 7. The molecule has 0 spiro atoms. The molecule has 2 aliphatic rings. The number of para-hydroxylation sites is 1. The number of amides is 2. The molecule has 10 nitrogen and oxygen atoms in total. The van der Waals surface area contributed by atoms with E-state index in [0.717, 1.165) is 18.8 Å². The molecule has 0 unspecified atom stereocenters. The molecule has 2 fully saturated rings. The molecule has 39 heavy (non-hydrogen) atoms. The Morgan fingerprint density at radius 3 is 2.51 bits per heavy atom. The van der Waals surface area contributed by atoms with E-state index >= 15 is 0 Å². The van der Waals surface area contributed by atoms with E-state index < -0.39 is 11.9 Å². The molecule has 1 saturated carbocycles. The second-order valence-corrected chi connectivity index (χ2v) is 10.0. The quantitative estimate of drug-likeness (QED) is 0.299. The summed E-state index contributed by atoms with van der Waals surface area (Å²) in [6.07, 6.45) is 3.76. The topological polar surface area (TPSA) is 126 Å². The summed E-state index contributed by atoms with van der Waals surface area (Å²) in [4.78, 5) is 47.4. The minimum atomic E-state index is -0.694. The summed E-state index contributed by atoms with van der Waals surface area (Å²) in [5, 5.41) is 6.43. The molecule has 1 aliphatic carbocycles. The lowest BCUT2D eigenvalue weighted by Gasteiger charge is -2.30. The van der Waals surface area contributed by atoms with Crippen LogP contribution >= 0.6 is 11.6 Å². The van der Waals surface area contributed by atoms with Gasteiger partial charge in [0.25, 0.3) is 5.91 Å². The maximum atomic E-state index is 13.0. The first kappa shape index (κ1) is 26.7. The van der Waals surface area contributed by atoms with Crippen LogP contribution in [0.3, 0.4) is 0 Å². The van der Waals surface area contributed by atoms with Gasteiger partial charge in [0, 0.05) is 30.7 Å². The molecule has 0 radical (unpaired) electrons. The number of nitrogens with zero attached hydrogens (tertiary/aromatic N) is 2. The molecule has 1 saturated heterocycles. The van der Waals surface area contributed by atoms with Crippen molar-refractivity contribution in [3.63, 3.8) is 0 Å². The predicted molar refractivity (Wildman–Crippen MR) is 146 cm³/mol. The lowest BCUT2D eigenvalue weighted by atomic mass is 9.85. The van der Waals surface area contributed by atoms with E-state index in [4.69, 9.17) is 21.1 Å². The van der Waals surface area contributed by atoms with Gasteiger partial charge in [-0.25, -0.2) is 9.78 Å². The number of aromatic amines is 1. The third kappa shape index (κ3) is 6.58. The number of H-pyrrole nitrogens is 1. The Bertz CT molecular complexity index is 1320. The van der Waals surface area contributed by atoms with Crippen LogP contribution in [0.4, 0.5) is 11.4 Å². The summed E-state index contributed by atoms with van der Waals surface area (Å²) in [5.74, 6) is -1.06. The molecular formula is C28H30ClN5O5. The van der Waals surface area contributed by atoms with Crippen molar-refractivity contribution in [1.29, 1.82) is 0 Å². The highest BCUT2D eigenvalue weighted by Crippen LogP contribution is 2.31. The summed E-state index contributed by atoms with van der Waals surface area (Å²) in [7, 11) is 0. The first-order chi connectivity index (χ1) is 19.0. The maximum Gasteiger partial charge on any atom is 0.362 e. The lowest BCUT2D eigenvalue weighted by molar-refractivity contribution is -0.120. The number of aromatic nitrogens is 2. The Kier molecular flexibility index (Phi) is 8.43. The fourth-order valence-electron chi connectivity index (χ4n) is 4.88. The van der Waals surface area contributed by atoms with Gasteiger partial charge in [-0.15, -0.1) is 0 Å². The largest absolute Gasteiger partial charge is 0.422 e. The Labute approximate surface area is 231 Å². The second kappa shape index (κ2) is 12.3. The van der Waals surface area contributed by atoms with Crippen LogP contribution < -0.4 is 20.3 Å². The molecule has 2 heterocycles. The molecule has 0 bridgehead atoms. The van der Waals surface area contributed by atoms with Gasteiger partial charge in [0.05, 0.1) is 30.3 Å². The van der Waals surface area contributed by atoms with Gasteiger partial charge in [0.2, 0.25) is 5.91 Å². The van der Waals surface area contributed by atoms with Crippen molar-refractivity contribution >= 4 is 40.8 Å². The number of benzene rings is 2. The fraction of sp³-hybridized carbons (Fsp3) is 0.357. The summed E-state index contributed by atoms with van der Waals surface area (Å²) in [5.41, 5.74) is 1.55. The van der Waals surface area contributed by atoms with Gasteiger partial charge in [-0.3, -0.25) is 9.59 Å². The number of ether oxygens (including phenoxy) is 2. The Morgan fingerprint density at radius 2 is 1.77 bits per heavy atom. The summed E-state index contributed by atoms with van der Waals surface area (Å²) < 4.78 is 10.7. The third-order valence-corrected chi connectivity index (χ3v) is 7.36. The van der Waals surface area contributed by atoms with Gasteiger partial charge in [-0.05, 0) is 56.0 Å². The third-order valence-electron chi connectivity index (χ3n) is 7.03. The fourth-order valence-corrected chi connectivity index (χ4v) is 5.05. The van der Waals surface area contributed by atoms with Gasteiger partial charge in [0.15, 0.2) is 11.4 Å². The molecule has 5 rings (SSSR count). The van der Waals surface area contributed by atoms with Crippen LogP contribution in [0, 0.1) is 5.92 Å². The zero-order valence-electron chi connectivity index (χ0n) is 21.3. The van der Waals surface area contributed by atoms with Crippen LogP contribution in [0.25, 0.3) is 0 Å². The summed E-state index contributed by atoms with van der Waals surface area (Å²) >= 11 is 6.38. The number of esters is 1. The Morgan fingerprint density at radius 1 is 1.03 bits per heavy atom. The number of hydrogen-bond donors (Lipinski definition) is 3. The summed E-state index contributed by atoms with van der Waals surface area (Å²) in [6.45, 7) is 2.92. The normalized spacial score (nSPS) is 19.3. The number of anilines is 2. The first-order valence-electron chi connectivity index (χ1n) is 13.0. The van der Waals surface area contributed by atoms with E-state index in [1.165, 1.54) is 6.33 Å². The van der Waals surface area contributed by atoms with E-state index in [1.54, 1.807) is 30.3 Å². The van der Waals surface area contributed by atoms with Crippen molar-refractivity contribution in [2.45, 2.75) is 31.7 Å². The van der Waals surface area contributed by atoms with Crippen molar-refractivity contribution in [1.82, 2.24) is 15.3 Å². The van der Waals surface area contributed by atoms with Crippen molar-refractivity contribution in [3.8, 4) is 5.75 Å². The zero-order chi connectivity index (χ0) is 27.2. The molecule has 0 atom stereocenters. The van der Waals surface area contributed by atoms with E-state index in [0.29, 0.717) is 55.4 Å². The second-order valence-electron chi connectivity index (χ2n) is 9.60. The molecule has 3 aromatic rings. The highest BCUT2D eigenvalue weighted by Gasteiger charge is 2.30. The lowest BCUT2D eigenvalue weighted by Crippen LogP contribution is -2.40. The highest BCUT2D eigenvalue weighted by molar-refractivity contribution is 6.33. The van der Waals surface area contributed by atoms with Crippen LogP contribution in [0.5, 0.6) is 5.75 Å². The van der Waals surface area contributed by atoms with Crippen LogP contribution in [0.1, 0.15) is 46.7 Å². The molecule has 11 heteroatoms. The van der Waals surface area contributed by atoms with Gasteiger partial charge in [-0.1, -0.05) is 29.8 Å². The van der Waals surface area contributed by atoms with Gasteiger partial charge in [0.1, 0.15) is 5.75 Å². The van der Waals surface area contributed by atoms with Crippen LogP contribution in [0.15, 0.2) is 54.9 Å². The number of halogens is 1. The number of carbonyl (C=O) groups excluding carboxylic acids is 3. The SMILES string of the molecule is O=C(NC1CCC(C(=O)Nc2cc(N3CCOCC3)ccc2Cl)CC1)c1nc[nH]c1C(=O)Oc1ccccc1. The molecule has 1 aromatic heterocycles. The predicted octanol–water partition coefficient (Wildman–Crippen LogP) is 4.05. The minimum Gasteiger partial charge on any atom is -0.422 e. The highest BCUT2D eigenvalue weighted by atomic mass is 35.5. The summed E-state index contributed by atoms with van der Waals surface area (Å²) in [6, 6.07) is 14.1. The number of imidazole rings is 1. The van der Waals surface area contributed by atoms with E-state index in [2.05, 4.69) is 25.5 Å². The average Bonchev–Trinajstić information content (AvgIpc) is 3.46. The molecule has 2 aromatic carbocycles. The van der Waals surface area contributed by atoms with Crippen molar-refractivity contribution in [2.75, 3.05) is 36.5 Å². The number of morpholine rings is 1. The Balaban J connectivity index is 1.13. The average molecular weight is 552 g/mol. The van der Waals surface area contributed by atoms with E-state index in [1.807, 2.05) is 18.2 Å². The minimum absolute atomic E-state index is 0.0133. The molecular weight excluding hydrogens is 522 g/mol. The van der Waals surface area contributed by atoms with Crippen LogP contribution in [0.2, 0.25) is 5.02 Å². The van der Waals surface area contributed by atoms with Gasteiger partial charge < -0.3 is 30.0 Å². The van der Waals surface area contributed by atoms with Gasteiger partial charge in [-0.2, -0.15) is 0 Å². The van der Waals surface area contributed by atoms with Crippen LogP contribution in [-0.4, -0.2) is 60.1 Å². The Hall–Kier alpha value is -3.89. The first-order valence-corrected chi connectivity index (χ1v) is 13.4. The molecule has 204 valence electrons. The molecule has 1 aliphatic heterocycles.